The quantitative estimate of drug-likeness (QED) is 0.154. The first kappa shape index (κ1) is 52.9. The SMILES string of the molecule is CO[C@H]1/C=C/O[C@@]2(C)Oc3c(C)c(O)c4c(c3C2=O)C2=NC3(CCN(CC(C)C)CC3)NC2=C(NC(=O)C(C)(C)C[C@H](O)[C@@H](C)[C@@H](O)[C@@H](C)[C@H](OC(=O)CC(=O)NCCN2CCN(C)CC2)[C@@H]1C)C4=O. The Morgan fingerprint density at radius 3 is 2.26 bits per heavy atom. The fourth-order valence-corrected chi connectivity index (χ4v) is 10.7. The topological polar surface area (TPSA) is 241 Å². The molecule has 0 aromatic heterocycles. The molecule has 0 saturated carbocycles. The summed E-state index contributed by atoms with van der Waals surface area (Å²) in [4.78, 5) is 83.0. The predicted molar refractivity (Wildman–Crippen MR) is 259 cm³/mol. The van der Waals surface area contributed by atoms with Crippen LogP contribution in [0.25, 0.3) is 0 Å². The standard InChI is InChI=1S/C51H75N7O12/c1-27(2)26-58-16-13-51(14-17-58)54-39-36-37-43(63)31(6)46-38(36)47(65)50(9,70-46)68-23-12-33(67-11)29(4)45(69-35(61)24-34(60)52-15-18-57-21-19-56(10)20-22-57)30(5)42(62)28(3)32(59)25-49(7,8)48(66)53-41(44(37)64)40(39)55-51/h12,23,27-30,32-33,42,45,55,59,62-63H,13-22,24-26H2,1-11H3,(H,52,60)(H,53,66)/b23-12+/t28-,29-,30-,32+,33+,42-,45-,50+/m1/s1. The van der Waals surface area contributed by atoms with Gasteiger partial charge in [0, 0.05) is 120 Å². The maximum absolute atomic E-state index is 14.9. The lowest BCUT2D eigenvalue weighted by Gasteiger charge is -2.39. The highest BCUT2D eigenvalue weighted by molar-refractivity contribution is 6.34. The molecular weight excluding hydrogens is 903 g/mol. The number of Topliss-reactive ketones (excluding diaryl/α,β-unsaturated/α-hetero) is 2. The molecule has 0 radical (unpaired) electrons. The first-order valence-corrected chi connectivity index (χ1v) is 24.9. The number of carbonyl (C=O) groups excluding carboxylic acids is 5. The minimum absolute atomic E-state index is 0.00776. The zero-order valence-corrected chi connectivity index (χ0v) is 42.8. The van der Waals surface area contributed by atoms with Gasteiger partial charge in [-0.3, -0.25) is 33.9 Å². The second-order valence-electron chi connectivity index (χ2n) is 21.6. The van der Waals surface area contributed by atoms with Crippen LogP contribution in [0.3, 0.4) is 0 Å². The van der Waals surface area contributed by atoms with E-state index in [4.69, 9.17) is 23.9 Å². The number of aliphatic hydroxyl groups excluding tert-OH is 2. The van der Waals surface area contributed by atoms with Crippen molar-refractivity contribution in [2.75, 3.05) is 73.1 Å². The fraction of sp³-hybridized carbons (Fsp3) is 0.686. The molecule has 1 aromatic rings. The smallest absolute Gasteiger partial charge is 0.315 e. The molecule has 19 nitrogen and oxygen atoms in total. The summed E-state index contributed by atoms with van der Waals surface area (Å²) in [7, 11) is 3.50. The summed E-state index contributed by atoms with van der Waals surface area (Å²) in [5.74, 6) is -7.86. The monoisotopic (exact) mass is 978 g/mol. The largest absolute Gasteiger partial charge is 0.507 e. The van der Waals surface area contributed by atoms with Gasteiger partial charge in [-0.05, 0) is 32.4 Å². The summed E-state index contributed by atoms with van der Waals surface area (Å²) in [5.41, 5.74) is -2.05. The Labute approximate surface area is 411 Å². The number of allylic oxidation sites excluding steroid dienone is 2. The number of aliphatic imine (C=N–C) groups is 1. The van der Waals surface area contributed by atoms with Gasteiger partial charge in [0.2, 0.25) is 17.6 Å². The number of phenolic OH excluding ortho intramolecular Hbond substituents is 1. The second-order valence-corrected chi connectivity index (χ2v) is 21.6. The summed E-state index contributed by atoms with van der Waals surface area (Å²) in [6, 6.07) is 0. The molecule has 1 aromatic carbocycles. The van der Waals surface area contributed by atoms with E-state index in [9.17, 15) is 39.3 Å². The first-order valence-electron chi connectivity index (χ1n) is 24.9. The summed E-state index contributed by atoms with van der Waals surface area (Å²) in [6.45, 7) is 22.4. The number of ether oxygens (including phenoxy) is 4. The van der Waals surface area contributed by atoms with E-state index in [1.807, 2.05) is 0 Å². The number of carbonyl (C=O) groups is 5. The highest BCUT2D eigenvalue weighted by atomic mass is 16.7. The van der Waals surface area contributed by atoms with E-state index in [-0.39, 0.29) is 51.5 Å². The van der Waals surface area contributed by atoms with Crippen LogP contribution < -0.4 is 20.7 Å². The number of phenols is 1. The van der Waals surface area contributed by atoms with Gasteiger partial charge in [-0.25, -0.2) is 0 Å². The van der Waals surface area contributed by atoms with Crippen LogP contribution in [0.1, 0.15) is 113 Å². The number of methoxy groups -OCH3 is 1. The van der Waals surface area contributed by atoms with Crippen LogP contribution in [0.4, 0.5) is 0 Å². The van der Waals surface area contributed by atoms with Gasteiger partial charge < -0.3 is 60.0 Å². The molecule has 386 valence electrons. The van der Waals surface area contributed by atoms with Crippen molar-refractivity contribution in [3.05, 3.63) is 46.0 Å². The van der Waals surface area contributed by atoms with E-state index >= 15 is 0 Å². The van der Waals surface area contributed by atoms with Crippen LogP contribution in [-0.4, -0.2) is 174 Å². The van der Waals surface area contributed by atoms with Gasteiger partial charge >= 0.3 is 11.8 Å². The van der Waals surface area contributed by atoms with E-state index in [2.05, 4.69) is 51.5 Å². The third-order valence-electron chi connectivity index (χ3n) is 15.3. The molecule has 1 spiro atoms. The number of aliphatic hydroxyl groups is 2. The van der Waals surface area contributed by atoms with Crippen LogP contribution in [0.5, 0.6) is 11.5 Å². The maximum Gasteiger partial charge on any atom is 0.315 e. The molecule has 19 heteroatoms. The molecule has 8 atom stereocenters. The van der Waals surface area contributed by atoms with E-state index in [1.165, 1.54) is 33.3 Å². The maximum atomic E-state index is 14.9. The summed E-state index contributed by atoms with van der Waals surface area (Å²) in [5, 5.41) is 44.9. The van der Waals surface area contributed by atoms with Crippen molar-refractivity contribution in [2.45, 2.75) is 124 Å². The highest BCUT2D eigenvalue weighted by Gasteiger charge is 2.55. The Kier molecular flexibility index (Phi) is 15.6. The third-order valence-corrected chi connectivity index (χ3v) is 15.3. The normalized spacial score (nSPS) is 31.1. The van der Waals surface area contributed by atoms with E-state index < -0.39 is 101 Å². The Morgan fingerprint density at radius 1 is 0.943 bits per heavy atom. The van der Waals surface area contributed by atoms with E-state index in [1.54, 1.807) is 34.6 Å². The Balaban J connectivity index is 1.23. The summed E-state index contributed by atoms with van der Waals surface area (Å²) < 4.78 is 24.4. The molecule has 2 amide bonds. The number of rotatable bonds is 9. The molecular formula is C51H75N7O12. The van der Waals surface area contributed by atoms with E-state index in [0.717, 1.165) is 32.7 Å². The average Bonchev–Trinajstić information content (AvgIpc) is 3.80. The van der Waals surface area contributed by atoms with Gasteiger partial charge in [0.05, 0.1) is 47.1 Å². The van der Waals surface area contributed by atoms with Crippen molar-refractivity contribution in [1.82, 2.24) is 30.7 Å². The highest BCUT2D eigenvalue weighted by Crippen LogP contribution is 2.50. The summed E-state index contributed by atoms with van der Waals surface area (Å²) in [6.07, 6.45) is -1.48. The van der Waals surface area contributed by atoms with Gasteiger partial charge in [0.1, 0.15) is 35.4 Å². The fourth-order valence-electron chi connectivity index (χ4n) is 10.7. The third kappa shape index (κ3) is 10.5. The predicted octanol–water partition coefficient (Wildman–Crippen LogP) is 2.63. The number of benzene rings is 1. The van der Waals surface area contributed by atoms with Gasteiger partial charge in [-0.1, -0.05) is 48.5 Å². The van der Waals surface area contributed by atoms with Crippen molar-refractivity contribution in [1.29, 1.82) is 0 Å². The Hall–Kier alpha value is -4.92. The molecule has 6 N–H and O–H groups in total. The molecule has 6 heterocycles. The van der Waals surface area contributed by atoms with Gasteiger partial charge in [-0.2, -0.15) is 0 Å². The lowest BCUT2D eigenvalue weighted by Crippen LogP contribution is -2.51. The van der Waals surface area contributed by atoms with Crippen LogP contribution >= 0.6 is 0 Å². The molecule has 5 bridgehead atoms. The van der Waals surface area contributed by atoms with Crippen LogP contribution in [0.2, 0.25) is 0 Å². The molecule has 1 aliphatic carbocycles. The van der Waals surface area contributed by atoms with Gasteiger partial charge in [-0.15, -0.1) is 0 Å². The number of ketones is 2. The van der Waals surface area contributed by atoms with Gasteiger partial charge in [0.15, 0.2) is 0 Å². The van der Waals surface area contributed by atoms with Crippen LogP contribution in [0.15, 0.2) is 28.7 Å². The average molecular weight is 978 g/mol. The van der Waals surface area contributed by atoms with Crippen LogP contribution in [0, 0.1) is 36.0 Å². The van der Waals surface area contributed by atoms with Crippen molar-refractivity contribution in [3.63, 3.8) is 0 Å². The van der Waals surface area contributed by atoms with Crippen molar-refractivity contribution < 1.29 is 58.2 Å². The number of piperidine rings is 1. The first-order chi connectivity index (χ1) is 32.9. The molecule has 0 unspecified atom stereocenters. The second kappa shape index (κ2) is 20.7. The molecule has 7 aliphatic rings. The number of nitrogens with zero attached hydrogens (tertiary/aromatic N) is 4. The van der Waals surface area contributed by atoms with Crippen molar-refractivity contribution in [2.24, 2.45) is 34.1 Å². The molecule has 2 fully saturated rings. The lowest BCUT2D eigenvalue weighted by molar-refractivity contribution is -0.164. The number of esters is 1. The van der Waals surface area contributed by atoms with Crippen LogP contribution in [-0.2, 0) is 28.6 Å². The number of amides is 2. The minimum atomic E-state index is -2.01. The number of piperazine rings is 1. The number of hydrogen-bond donors (Lipinski definition) is 6. The number of likely N-dealkylation sites (N-methyl/N-ethyl adjacent to an activating group) is 1. The zero-order valence-electron chi connectivity index (χ0n) is 42.8. The van der Waals surface area contributed by atoms with Gasteiger partial charge in [0.25, 0.3) is 5.78 Å². The molecule has 8 rings (SSSR count). The molecule has 6 aliphatic heterocycles. The van der Waals surface area contributed by atoms with Crippen molar-refractivity contribution >= 4 is 35.1 Å². The van der Waals surface area contributed by atoms with Crippen molar-refractivity contribution in [3.8, 4) is 11.5 Å². The lowest BCUT2D eigenvalue weighted by atomic mass is 9.76. The Bertz CT molecular complexity index is 2310. The number of nitrogens with one attached hydrogen (secondary N) is 3. The minimum Gasteiger partial charge on any atom is -0.507 e. The number of aromatic hydroxyl groups is 1. The number of likely N-dealkylation sites (tertiary alicyclic amines) is 1. The number of fused-ring (bicyclic) bond motifs is 12. The Morgan fingerprint density at radius 2 is 1.61 bits per heavy atom. The summed E-state index contributed by atoms with van der Waals surface area (Å²) >= 11 is 0. The number of hydrogen-bond acceptors (Lipinski definition) is 17. The molecule has 70 heavy (non-hydrogen) atoms. The van der Waals surface area contributed by atoms with E-state index in [0.29, 0.717) is 44.9 Å². The molecule has 2 saturated heterocycles. The zero-order chi connectivity index (χ0) is 51.2.